The van der Waals surface area contributed by atoms with Crippen LogP contribution in [0.5, 0.6) is 11.5 Å². The lowest BCUT2D eigenvalue weighted by Gasteiger charge is -2.16. The Bertz CT molecular complexity index is 915. The van der Waals surface area contributed by atoms with Crippen molar-refractivity contribution in [2.75, 3.05) is 6.54 Å². The highest BCUT2D eigenvalue weighted by molar-refractivity contribution is 5.94. The highest BCUT2D eigenvalue weighted by atomic mass is 16.7. The molecule has 0 bridgehead atoms. The summed E-state index contributed by atoms with van der Waals surface area (Å²) in [4.78, 5) is 20.9. The van der Waals surface area contributed by atoms with Crippen LogP contribution in [0.15, 0.2) is 42.9 Å². The number of rotatable bonds is 4. The van der Waals surface area contributed by atoms with Gasteiger partial charge in [0, 0.05) is 51.0 Å². The van der Waals surface area contributed by atoms with Crippen molar-refractivity contribution in [3.05, 3.63) is 54.1 Å². The summed E-state index contributed by atoms with van der Waals surface area (Å²) < 4.78 is 13.2. The van der Waals surface area contributed by atoms with Crippen LogP contribution in [0.4, 0.5) is 0 Å². The molecule has 0 unspecified atom stereocenters. The number of carbonyl (C=O) groups is 1. The van der Waals surface area contributed by atoms with Crippen LogP contribution in [-0.2, 0) is 6.42 Å². The molecule has 7 heteroatoms. The van der Waals surface area contributed by atoms with E-state index in [4.69, 9.17) is 9.47 Å². The zero-order valence-corrected chi connectivity index (χ0v) is 14.0. The lowest BCUT2D eigenvalue weighted by atomic mass is 10.2. The zero-order valence-electron chi connectivity index (χ0n) is 14.0. The molecule has 4 rings (SSSR count). The van der Waals surface area contributed by atoms with Gasteiger partial charge in [0.2, 0.25) is 11.6 Å². The van der Waals surface area contributed by atoms with E-state index in [1.54, 1.807) is 24.4 Å². The van der Waals surface area contributed by atoms with Crippen molar-refractivity contribution >= 4 is 11.7 Å². The quantitative estimate of drug-likeness (QED) is 0.789. The van der Waals surface area contributed by atoms with Crippen molar-refractivity contribution in [1.82, 2.24) is 19.7 Å². The number of aromatic nitrogens is 3. The maximum atomic E-state index is 12.3. The molecule has 3 aromatic rings. The third-order valence-corrected chi connectivity index (χ3v) is 3.87. The second kappa shape index (κ2) is 5.77. The summed E-state index contributed by atoms with van der Waals surface area (Å²) in [5.74, 6) is 1.04. The third kappa shape index (κ3) is 3.13. The van der Waals surface area contributed by atoms with Crippen LogP contribution < -0.4 is 14.8 Å². The summed E-state index contributed by atoms with van der Waals surface area (Å²) in [5, 5.41) is 2.90. The van der Waals surface area contributed by atoms with Crippen molar-refractivity contribution in [2.45, 2.75) is 26.1 Å². The maximum absolute atomic E-state index is 12.3. The highest BCUT2D eigenvalue weighted by Gasteiger charge is 2.32. The van der Waals surface area contributed by atoms with Gasteiger partial charge in [0.25, 0.3) is 5.91 Å². The Morgan fingerprint density at radius 1 is 1.28 bits per heavy atom. The van der Waals surface area contributed by atoms with Crippen molar-refractivity contribution in [3.8, 4) is 11.5 Å². The van der Waals surface area contributed by atoms with E-state index >= 15 is 0 Å². The number of imidazole rings is 1. The largest absolute Gasteiger partial charge is 0.449 e. The predicted octanol–water partition coefficient (Wildman–Crippen LogP) is 2.21. The molecule has 0 fully saturated rings. The molecule has 2 aromatic heterocycles. The van der Waals surface area contributed by atoms with Crippen LogP contribution >= 0.6 is 0 Å². The lowest BCUT2D eigenvalue weighted by Crippen LogP contribution is -2.29. The summed E-state index contributed by atoms with van der Waals surface area (Å²) in [6, 6.07) is 7.04. The topological polar surface area (TPSA) is 77.8 Å². The molecule has 1 aliphatic rings. The summed E-state index contributed by atoms with van der Waals surface area (Å²) in [7, 11) is 0. The van der Waals surface area contributed by atoms with Crippen molar-refractivity contribution in [3.63, 3.8) is 0 Å². The van der Waals surface area contributed by atoms with Gasteiger partial charge in [0.15, 0.2) is 11.5 Å². The first-order chi connectivity index (χ1) is 12.0. The molecule has 1 N–H and O–H groups in total. The average molecular weight is 338 g/mol. The van der Waals surface area contributed by atoms with E-state index in [1.165, 1.54) is 0 Å². The Labute approximate surface area is 144 Å². The Hall–Kier alpha value is -3.09. The Kier molecular flexibility index (Phi) is 3.56. The Balaban J connectivity index is 1.38. The SMILES string of the molecule is CC1(C)Oc2ccc(C(=O)NCCc3cn4cccnc4n3)cc2O1. The molecule has 1 aromatic carbocycles. The number of hydrogen-bond donors (Lipinski definition) is 1. The van der Waals surface area contributed by atoms with E-state index in [1.807, 2.05) is 36.7 Å². The number of nitrogens with zero attached hydrogens (tertiary/aromatic N) is 3. The minimum absolute atomic E-state index is 0.155. The van der Waals surface area contributed by atoms with Gasteiger partial charge in [-0.3, -0.25) is 9.20 Å². The smallest absolute Gasteiger partial charge is 0.251 e. The highest BCUT2D eigenvalue weighted by Crippen LogP contribution is 2.39. The van der Waals surface area contributed by atoms with E-state index in [0.717, 1.165) is 5.69 Å². The minimum atomic E-state index is -0.700. The molecular formula is C18H18N4O3. The molecule has 0 radical (unpaired) electrons. The molecule has 0 saturated carbocycles. The molecular weight excluding hydrogens is 320 g/mol. The molecule has 7 nitrogen and oxygen atoms in total. The summed E-state index contributed by atoms with van der Waals surface area (Å²) in [6.07, 6.45) is 6.14. The van der Waals surface area contributed by atoms with Gasteiger partial charge in [-0.2, -0.15) is 0 Å². The summed E-state index contributed by atoms with van der Waals surface area (Å²) in [5.41, 5.74) is 1.42. The fraction of sp³-hybridized carbons (Fsp3) is 0.278. The van der Waals surface area contributed by atoms with E-state index < -0.39 is 5.79 Å². The fourth-order valence-corrected chi connectivity index (χ4v) is 2.77. The van der Waals surface area contributed by atoms with E-state index in [0.29, 0.717) is 35.8 Å². The average Bonchev–Trinajstić information content (AvgIpc) is 3.11. The minimum Gasteiger partial charge on any atom is -0.449 e. The van der Waals surface area contributed by atoms with E-state index in [-0.39, 0.29) is 5.91 Å². The monoisotopic (exact) mass is 338 g/mol. The van der Waals surface area contributed by atoms with Crippen LogP contribution in [-0.4, -0.2) is 32.6 Å². The van der Waals surface area contributed by atoms with Crippen LogP contribution in [0, 0.1) is 0 Å². The van der Waals surface area contributed by atoms with Crippen LogP contribution in [0.1, 0.15) is 29.9 Å². The van der Waals surface area contributed by atoms with Crippen LogP contribution in [0.25, 0.3) is 5.78 Å². The number of carbonyl (C=O) groups excluding carboxylic acids is 1. The molecule has 1 aliphatic heterocycles. The molecule has 0 spiro atoms. The van der Waals surface area contributed by atoms with Crippen molar-refractivity contribution < 1.29 is 14.3 Å². The van der Waals surface area contributed by atoms with Gasteiger partial charge in [0.05, 0.1) is 5.69 Å². The van der Waals surface area contributed by atoms with Gasteiger partial charge in [-0.25, -0.2) is 9.97 Å². The molecule has 25 heavy (non-hydrogen) atoms. The van der Waals surface area contributed by atoms with Gasteiger partial charge < -0.3 is 14.8 Å². The molecule has 128 valence electrons. The molecule has 0 saturated heterocycles. The number of ether oxygens (including phenoxy) is 2. The second-order valence-electron chi connectivity index (χ2n) is 6.33. The van der Waals surface area contributed by atoms with Gasteiger partial charge in [0.1, 0.15) is 0 Å². The third-order valence-electron chi connectivity index (χ3n) is 3.87. The fourth-order valence-electron chi connectivity index (χ4n) is 2.77. The number of amides is 1. The molecule has 0 aliphatic carbocycles. The van der Waals surface area contributed by atoms with Crippen LogP contribution in [0.2, 0.25) is 0 Å². The summed E-state index contributed by atoms with van der Waals surface area (Å²) in [6.45, 7) is 4.15. The van der Waals surface area contributed by atoms with Gasteiger partial charge in [-0.1, -0.05) is 0 Å². The van der Waals surface area contributed by atoms with E-state index in [2.05, 4.69) is 15.3 Å². The molecule has 3 heterocycles. The number of benzene rings is 1. The van der Waals surface area contributed by atoms with Crippen LogP contribution in [0.3, 0.4) is 0 Å². The molecule has 0 atom stereocenters. The lowest BCUT2D eigenvalue weighted by molar-refractivity contribution is -0.0431. The molecule has 1 amide bonds. The number of fused-ring (bicyclic) bond motifs is 2. The van der Waals surface area contributed by atoms with Gasteiger partial charge in [-0.05, 0) is 24.3 Å². The predicted molar refractivity (Wildman–Crippen MR) is 90.8 cm³/mol. The first-order valence-corrected chi connectivity index (χ1v) is 8.09. The maximum Gasteiger partial charge on any atom is 0.251 e. The van der Waals surface area contributed by atoms with E-state index in [9.17, 15) is 4.79 Å². The number of nitrogens with one attached hydrogen (secondary N) is 1. The zero-order chi connectivity index (χ0) is 17.4. The number of hydrogen-bond acceptors (Lipinski definition) is 5. The Morgan fingerprint density at radius 2 is 2.12 bits per heavy atom. The first-order valence-electron chi connectivity index (χ1n) is 8.09. The Morgan fingerprint density at radius 3 is 2.96 bits per heavy atom. The van der Waals surface area contributed by atoms with Crippen molar-refractivity contribution in [2.24, 2.45) is 0 Å². The van der Waals surface area contributed by atoms with Gasteiger partial charge in [-0.15, -0.1) is 0 Å². The standard InChI is InChI=1S/C18H18N4O3/c1-18(2)24-14-5-4-12(10-15(14)25-18)16(23)19-8-6-13-11-22-9-3-7-20-17(22)21-13/h3-5,7,9-11H,6,8H2,1-2H3,(H,19,23). The normalized spacial score (nSPS) is 14.6. The second-order valence-corrected chi connectivity index (χ2v) is 6.33. The van der Waals surface area contributed by atoms with Gasteiger partial charge >= 0.3 is 0 Å². The summed E-state index contributed by atoms with van der Waals surface area (Å²) >= 11 is 0. The van der Waals surface area contributed by atoms with Crippen molar-refractivity contribution in [1.29, 1.82) is 0 Å². The first kappa shape index (κ1) is 15.4.